The number of carbonyl (C=O) groups is 2. The fraction of sp³-hybridized carbons (Fsp3) is 0.467. The first-order valence-corrected chi connectivity index (χ1v) is 7.75. The summed E-state index contributed by atoms with van der Waals surface area (Å²) in [5.41, 5.74) is -0.303. The van der Waals surface area contributed by atoms with Crippen molar-refractivity contribution in [2.24, 2.45) is 5.92 Å². The maximum atomic E-state index is 11.9. The standard InChI is InChI=1S/C15H17ClN2O5/c16-11-6-7-13(18(21)22)12(8-11)17-14(19)9-23-15(20)10-4-2-1-3-5-10/h6-8,10H,1-5,9H2,(H,17,19). The van der Waals surface area contributed by atoms with Crippen molar-refractivity contribution in [3.05, 3.63) is 33.3 Å². The lowest BCUT2D eigenvalue weighted by atomic mass is 9.89. The molecule has 0 aromatic heterocycles. The number of nitrogens with zero attached hydrogens (tertiary/aromatic N) is 1. The number of amides is 1. The van der Waals surface area contributed by atoms with E-state index < -0.39 is 17.4 Å². The minimum atomic E-state index is -0.639. The van der Waals surface area contributed by atoms with E-state index in [1.807, 2.05) is 0 Å². The summed E-state index contributed by atoms with van der Waals surface area (Å²) < 4.78 is 4.99. The minimum Gasteiger partial charge on any atom is -0.455 e. The fourth-order valence-electron chi connectivity index (χ4n) is 2.55. The molecule has 23 heavy (non-hydrogen) atoms. The van der Waals surface area contributed by atoms with Crippen molar-refractivity contribution in [3.63, 3.8) is 0 Å². The van der Waals surface area contributed by atoms with Crippen molar-refractivity contribution < 1.29 is 19.2 Å². The normalized spacial score (nSPS) is 15.0. The Labute approximate surface area is 138 Å². The highest BCUT2D eigenvalue weighted by Crippen LogP contribution is 2.28. The van der Waals surface area contributed by atoms with Gasteiger partial charge in [0.05, 0.1) is 10.8 Å². The predicted molar refractivity (Wildman–Crippen MR) is 84.3 cm³/mol. The summed E-state index contributed by atoms with van der Waals surface area (Å²) in [7, 11) is 0. The number of carbonyl (C=O) groups excluding carboxylic acids is 2. The molecule has 0 heterocycles. The number of anilines is 1. The molecule has 1 aromatic carbocycles. The van der Waals surface area contributed by atoms with E-state index in [2.05, 4.69) is 5.32 Å². The molecule has 1 N–H and O–H groups in total. The van der Waals surface area contributed by atoms with Crippen LogP contribution in [0.15, 0.2) is 18.2 Å². The maximum absolute atomic E-state index is 11.9. The Balaban J connectivity index is 1.91. The van der Waals surface area contributed by atoms with Gasteiger partial charge in [-0.25, -0.2) is 0 Å². The lowest BCUT2D eigenvalue weighted by molar-refractivity contribution is -0.383. The van der Waals surface area contributed by atoms with Crippen molar-refractivity contribution in [1.82, 2.24) is 0 Å². The number of halogens is 1. The molecule has 0 radical (unpaired) electrons. The lowest BCUT2D eigenvalue weighted by Crippen LogP contribution is -2.26. The van der Waals surface area contributed by atoms with Gasteiger partial charge in [-0.05, 0) is 25.0 Å². The van der Waals surface area contributed by atoms with Gasteiger partial charge in [0.2, 0.25) is 0 Å². The monoisotopic (exact) mass is 340 g/mol. The smallest absolute Gasteiger partial charge is 0.309 e. The molecule has 124 valence electrons. The second kappa shape index (κ2) is 7.92. The van der Waals surface area contributed by atoms with Gasteiger partial charge in [0, 0.05) is 11.1 Å². The van der Waals surface area contributed by atoms with E-state index in [0.29, 0.717) is 0 Å². The Bertz CT molecular complexity index is 614. The number of hydrogen-bond acceptors (Lipinski definition) is 5. The highest BCUT2D eigenvalue weighted by molar-refractivity contribution is 6.31. The van der Waals surface area contributed by atoms with Crippen LogP contribution in [0.2, 0.25) is 5.02 Å². The summed E-state index contributed by atoms with van der Waals surface area (Å²) in [4.78, 5) is 34.0. The van der Waals surface area contributed by atoms with Crippen molar-refractivity contribution in [2.75, 3.05) is 11.9 Å². The predicted octanol–water partition coefficient (Wildman–Crippen LogP) is 3.31. The molecule has 0 aliphatic heterocycles. The van der Waals surface area contributed by atoms with E-state index in [-0.39, 0.29) is 28.3 Å². The Morgan fingerprint density at radius 2 is 2.00 bits per heavy atom. The van der Waals surface area contributed by atoms with Gasteiger partial charge in [0.15, 0.2) is 6.61 Å². The molecule has 0 bridgehead atoms. The zero-order valence-electron chi connectivity index (χ0n) is 12.4. The summed E-state index contributed by atoms with van der Waals surface area (Å²) in [5.74, 6) is -1.18. The van der Waals surface area contributed by atoms with Crippen LogP contribution in [0.4, 0.5) is 11.4 Å². The van der Waals surface area contributed by atoms with E-state index >= 15 is 0 Å². The first-order chi connectivity index (χ1) is 11.0. The molecule has 0 atom stereocenters. The number of ether oxygens (including phenoxy) is 1. The second-order valence-electron chi connectivity index (χ2n) is 5.41. The molecular formula is C15H17ClN2O5. The topological polar surface area (TPSA) is 98.5 Å². The average Bonchev–Trinajstić information content (AvgIpc) is 2.53. The molecular weight excluding hydrogens is 324 g/mol. The SMILES string of the molecule is O=C(COC(=O)C1CCCCC1)Nc1cc(Cl)ccc1[N+](=O)[O-]. The van der Waals surface area contributed by atoms with Crippen LogP contribution >= 0.6 is 11.6 Å². The van der Waals surface area contributed by atoms with Crippen LogP contribution in [0.5, 0.6) is 0 Å². The van der Waals surface area contributed by atoms with Crippen LogP contribution in [0.1, 0.15) is 32.1 Å². The highest BCUT2D eigenvalue weighted by atomic mass is 35.5. The van der Waals surface area contributed by atoms with Gasteiger partial charge < -0.3 is 10.1 Å². The molecule has 8 heteroatoms. The van der Waals surface area contributed by atoms with E-state index in [1.54, 1.807) is 0 Å². The molecule has 1 amide bonds. The van der Waals surface area contributed by atoms with Crippen LogP contribution in [0.3, 0.4) is 0 Å². The Morgan fingerprint density at radius 1 is 1.30 bits per heavy atom. The van der Waals surface area contributed by atoms with Crippen LogP contribution < -0.4 is 5.32 Å². The molecule has 1 aliphatic carbocycles. The third-order valence-corrected chi connectivity index (χ3v) is 3.95. The molecule has 0 saturated heterocycles. The summed E-state index contributed by atoms with van der Waals surface area (Å²) in [6, 6.07) is 3.84. The highest BCUT2D eigenvalue weighted by Gasteiger charge is 2.23. The van der Waals surface area contributed by atoms with Crippen molar-refractivity contribution in [3.8, 4) is 0 Å². The van der Waals surface area contributed by atoms with Gasteiger partial charge in [-0.15, -0.1) is 0 Å². The lowest BCUT2D eigenvalue weighted by Gasteiger charge is -2.19. The molecule has 1 fully saturated rings. The van der Waals surface area contributed by atoms with Crippen molar-refractivity contribution >= 4 is 34.9 Å². The van der Waals surface area contributed by atoms with Gasteiger partial charge in [0.25, 0.3) is 11.6 Å². The molecule has 2 rings (SSSR count). The summed E-state index contributed by atoms with van der Waals surface area (Å²) >= 11 is 5.77. The molecule has 7 nitrogen and oxygen atoms in total. The van der Waals surface area contributed by atoms with Crippen LogP contribution in [-0.2, 0) is 14.3 Å². The van der Waals surface area contributed by atoms with E-state index in [0.717, 1.165) is 32.1 Å². The third kappa shape index (κ3) is 4.92. The van der Waals surface area contributed by atoms with E-state index in [4.69, 9.17) is 16.3 Å². The van der Waals surface area contributed by atoms with Gasteiger partial charge in [-0.1, -0.05) is 30.9 Å². The minimum absolute atomic E-state index is 0.0267. The number of nitro groups is 1. The molecule has 0 unspecified atom stereocenters. The van der Waals surface area contributed by atoms with E-state index in [1.165, 1.54) is 18.2 Å². The quantitative estimate of drug-likeness (QED) is 0.503. The average molecular weight is 341 g/mol. The number of hydrogen-bond donors (Lipinski definition) is 1. The number of benzene rings is 1. The zero-order valence-corrected chi connectivity index (χ0v) is 13.2. The number of rotatable bonds is 5. The molecule has 1 saturated carbocycles. The number of esters is 1. The van der Waals surface area contributed by atoms with Gasteiger partial charge >= 0.3 is 5.97 Å². The second-order valence-corrected chi connectivity index (χ2v) is 5.85. The van der Waals surface area contributed by atoms with Gasteiger partial charge in [-0.2, -0.15) is 0 Å². The number of nitro benzene ring substituents is 1. The Hall–Kier alpha value is -2.15. The summed E-state index contributed by atoms with van der Waals surface area (Å²) in [6.45, 7) is -0.473. The van der Waals surface area contributed by atoms with Crippen molar-refractivity contribution in [2.45, 2.75) is 32.1 Å². The largest absolute Gasteiger partial charge is 0.455 e. The van der Waals surface area contributed by atoms with Crippen LogP contribution in [0, 0.1) is 16.0 Å². The van der Waals surface area contributed by atoms with Crippen LogP contribution in [0.25, 0.3) is 0 Å². The molecule has 1 aliphatic rings. The Morgan fingerprint density at radius 3 is 2.65 bits per heavy atom. The number of nitrogens with one attached hydrogen (secondary N) is 1. The molecule has 0 spiro atoms. The van der Waals surface area contributed by atoms with Crippen LogP contribution in [-0.4, -0.2) is 23.4 Å². The zero-order chi connectivity index (χ0) is 16.8. The van der Waals surface area contributed by atoms with E-state index in [9.17, 15) is 19.7 Å². The van der Waals surface area contributed by atoms with Gasteiger partial charge in [0.1, 0.15) is 5.69 Å². The summed E-state index contributed by atoms with van der Waals surface area (Å²) in [6.07, 6.45) is 4.64. The fourth-order valence-corrected chi connectivity index (χ4v) is 2.72. The first-order valence-electron chi connectivity index (χ1n) is 7.38. The third-order valence-electron chi connectivity index (χ3n) is 3.71. The maximum Gasteiger partial charge on any atom is 0.309 e. The molecule has 1 aromatic rings. The first kappa shape index (κ1) is 17.2. The summed E-state index contributed by atoms with van der Waals surface area (Å²) in [5, 5.41) is 13.5. The van der Waals surface area contributed by atoms with Gasteiger partial charge in [-0.3, -0.25) is 19.7 Å². The van der Waals surface area contributed by atoms with Crippen molar-refractivity contribution in [1.29, 1.82) is 0 Å². The Kier molecular flexibility index (Phi) is 5.92.